The van der Waals surface area contributed by atoms with Crippen LogP contribution in [0.4, 0.5) is 4.39 Å². The first kappa shape index (κ1) is 9.93. The Bertz CT molecular complexity index is 375. The Morgan fingerprint density at radius 2 is 2.14 bits per heavy atom. The lowest BCUT2D eigenvalue weighted by Gasteiger charge is -2.14. The Morgan fingerprint density at radius 3 is 2.64 bits per heavy atom. The topological polar surface area (TPSA) is 29.5 Å². The number of ether oxygens (including phenoxy) is 1. The molecule has 2 rings (SSSR count). The maximum atomic E-state index is 13.7. The van der Waals surface area contributed by atoms with Crippen molar-refractivity contribution in [2.24, 2.45) is 0 Å². The SMILES string of the molecule is COc1ccc(Br)c(F)c1C1(O)CC1. The highest BCUT2D eigenvalue weighted by atomic mass is 79.9. The second-order valence-corrected chi connectivity index (χ2v) is 4.32. The standard InChI is InChI=1S/C10H10BrFO2/c1-14-7-3-2-6(11)9(12)8(7)10(13)4-5-10/h2-3,13H,4-5H2,1H3. The summed E-state index contributed by atoms with van der Waals surface area (Å²) in [5.41, 5.74) is -0.742. The maximum absolute atomic E-state index is 13.7. The van der Waals surface area contributed by atoms with Gasteiger partial charge in [-0.05, 0) is 40.9 Å². The van der Waals surface area contributed by atoms with Crippen LogP contribution in [0.3, 0.4) is 0 Å². The van der Waals surface area contributed by atoms with Crippen LogP contribution in [0.25, 0.3) is 0 Å². The smallest absolute Gasteiger partial charge is 0.147 e. The fourth-order valence-corrected chi connectivity index (χ4v) is 1.84. The van der Waals surface area contributed by atoms with E-state index in [0.29, 0.717) is 23.1 Å². The molecule has 0 spiro atoms. The molecule has 1 aliphatic rings. The first-order valence-electron chi connectivity index (χ1n) is 4.33. The van der Waals surface area contributed by atoms with E-state index >= 15 is 0 Å². The Morgan fingerprint density at radius 1 is 1.50 bits per heavy atom. The molecule has 1 aromatic carbocycles. The highest BCUT2D eigenvalue weighted by Gasteiger charge is 2.46. The van der Waals surface area contributed by atoms with Gasteiger partial charge >= 0.3 is 0 Å². The molecule has 0 heterocycles. The normalized spacial score (nSPS) is 18.0. The van der Waals surface area contributed by atoms with Gasteiger partial charge in [0, 0.05) is 0 Å². The van der Waals surface area contributed by atoms with E-state index in [0.717, 1.165) is 0 Å². The highest BCUT2D eigenvalue weighted by Crippen LogP contribution is 2.50. The largest absolute Gasteiger partial charge is 0.496 e. The molecule has 0 aromatic heterocycles. The minimum atomic E-state index is -1.01. The predicted molar refractivity (Wildman–Crippen MR) is 53.8 cm³/mol. The van der Waals surface area contributed by atoms with Crippen molar-refractivity contribution in [1.82, 2.24) is 0 Å². The summed E-state index contributed by atoms with van der Waals surface area (Å²) in [7, 11) is 1.47. The van der Waals surface area contributed by atoms with Gasteiger partial charge in [0.2, 0.25) is 0 Å². The molecular weight excluding hydrogens is 251 g/mol. The third kappa shape index (κ3) is 1.42. The number of benzene rings is 1. The summed E-state index contributed by atoms with van der Waals surface area (Å²) in [5.74, 6) is -0.0185. The van der Waals surface area contributed by atoms with Crippen LogP contribution in [0.5, 0.6) is 5.75 Å². The third-order valence-electron chi connectivity index (χ3n) is 2.47. The van der Waals surface area contributed by atoms with Crippen LogP contribution >= 0.6 is 15.9 Å². The summed E-state index contributed by atoms with van der Waals surface area (Å²) in [4.78, 5) is 0. The Kier molecular flexibility index (Phi) is 2.27. The van der Waals surface area contributed by atoms with Gasteiger partial charge < -0.3 is 9.84 Å². The van der Waals surface area contributed by atoms with Crippen LogP contribution in [0.15, 0.2) is 16.6 Å². The molecule has 1 aliphatic carbocycles. The average Bonchev–Trinajstić information content (AvgIpc) is 2.89. The summed E-state index contributed by atoms with van der Waals surface area (Å²) < 4.78 is 19.1. The van der Waals surface area contributed by atoms with Crippen molar-refractivity contribution in [3.63, 3.8) is 0 Å². The predicted octanol–water partition coefficient (Wildman–Crippen LogP) is 2.58. The minimum absolute atomic E-state index is 0.273. The molecule has 1 N–H and O–H groups in total. The lowest BCUT2D eigenvalue weighted by molar-refractivity contribution is 0.142. The van der Waals surface area contributed by atoms with Crippen LogP contribution in [-0.4, -0.2) is 12.2 Å². The average molecular weight is 261 g/mol. The van der Waals surface area contributed by atoms with Crippen LogP contribution in [-0.2, 0) is 5.60 Å². The number of methoxy groups -OCH3 is 1. The molecule has 0 atom stereocenters. The number of halogens is 2. The van der Waals surface area contributed by atoms with E-state index < -0.39 is 11.4 Å². The van der Waals surface area contributed by atoms with Gasteiger partial charge in [0.15, 0.2) is 0 Å². The van der Waals surface area contributed by atoms with Gasteiger partial charge in [-0.1, -0.05) is 0 Å². The molecule has 1 saturated carbocycles. The van der Waals surface area contributed by atoms with Gasteiger partial charge in [0.05, 0.1) is 22.7 Å². The van der Waals surface area contributed by atoms with Crippen LogP contribution in [0.2, 0.25) is 0 Å². The Hall–Kier alpha value is -0.610. The van der Waals surface area contributed by atoms with Crippen LogP contribution in [0, 0.1) is 5.82 Å². The molecule has 14 heavy (non-hydrogen) atoms. The molecule has 1 aromatic rings. The first-order chi connectivity index (χ1) is 6.58. The lowest BCUT2D eigenvalue weighted by Crippen LogP contribution is -2.10. The first-order valence-corrected chi connectivity index (χ1v) is 5.12. The molecule has 0 radical (unpaired) electrons. The molecule has 4 heteroatoms. The van der Waals surface area contributed by atoms with Gasteiger partial charge in [-0.25, -0.2) is 4.39 Å². The van der Waals surface area contributed by atoms with E-state index in [2.05, 4.69) is 15.9 Å². The van der Waals surface area contributed by atoms with Crippen molar-refractivity contribution >= 4 is 15.9 Å². The third-order valence-corrected chi connectivity index (χ3v) is 3.08. The van der Waals surface area contributed by atoms with Crippen molar-refractivity contribution in [2.45, 2.75) is 18.4 Å². The number of hydrogen-bond acceptors (Lipinski definition) is 2. The van der Waals surface area contributed by atoms with Crippen LogP contribution in [0.1, 0.15) is 18.4 Å². The van der Waals surface area contributed by atoms with E-state index in [1.807, 2.05) is 0 Å². The second-order valence-electron chi connectivity index (χ2n) is 3.47. The molecule has 2 nitrogen and oxygen atoms in total. The van der Waals surface area contributed by atoms with E-state index in [-0.39, 0.29) is 5.56 Å². The summed E-state index contributed by atoms with van der Waals surface area (Å²) in [6, 6.07) is 3.22. The molecule has 0 unspecified atom stereocenters. The zero-order valence-electron chi connectivity index (χ0n) is 7.68. The van der Waals surface area contributed by atoms with Gasteiger partial charge in [-0.2, -0.15) is 0 Å². The summed E-state index contributed by atoms with van der Waals surface area (Å²) in [5, 5.41) is 9.88. The zero-order chi connectivity index (χ0) is 10.3. The fraction of sp³-hybridized carbons (Fsp3) is 0.400. The molecule has 0 saturated heterocycles. The Labute approximate surface area is 89.8 Å². The summed E-state index contributed by atoms with van der Waals surface area (Å²) in [6.45, 7) is 0. The fourth-order valence-electron chi connectivity index (χ4n) is 1.51. The van der Waals surface area contributed by atoms with E-state index in [9.17, 15) is 9.50 Å². The molecule has 0 aliphatic heterocycles. The maximum Gasteiger partial charge on any atom is 0.147 e. The van der Waals surface area contributed by atoms with E-state index in [1.165, 1.54) is 7.11 Å². The van der Waals surface area contributed by atoms with Gasteiger partial charge in [0.1, 0.15) is 11.6 Å². The summed E-state index contributed by atoms with van der Waals surface area (Å²) >= 11 is 3.09. The van der Waals surface area contributed by atoms with Gasteiger partial charge in [0.25, 0.3) is 0 Å². The lowest BCUT2D eigenvalue weighted by atomic mass is 10.1. The number of aliphatic hydroxyl groups is 1. The van der Waals surface area contributed by atoms with Gasteiger partial charge in [-0.3, -0.25) is 0 Å². The quantitative estimate of drug-likeness (QED) is 0.886. The molecule has 0 bridgehead atoms. The van der Waals surface area contributed by atoms with E-state index in [4.69, 9.17) is 4.74 Å². The van der Waals surface area contributed by atoms with Crippen molar-refractivity contribution in [1.29, 1.82) is 0 Å². The zero-order valence-corrected chi connectivity index (χ0v) is 9.27. The number of hydrogen-bond donors (Lipinski definition) is 1. The van der Waals surface area contributed by atoms with Crippen molar-refractivity contribution < 1.29 is 14.2 Å². The van der Waals surface area contributed by atoms with Crippen molar-refractivity contribution in [3.8, 4) is 5.75 Å². The second kappa shape index (κ2) is 3.21. The molecule has 76 valence electrons. The highest BCUT2D eigenvalue weighted by molar-refractivity contribution is 9.10. The summed E-state index contributed by atoms with van der Waals surface area (Å²) in [6.07, 6.45) is 1.19. The van der Waals surface area contributed by atoms with Crippen molar-refractivity contribution in [3.05, 3.63) is 28.0 Å². The molecule has 1 fully saturated rings. The number of rotatable bonds is 2. The Balaban J connectivity index is 2.59. The van der Waals surface area contributed by atoms with Gasteiger partial charge in [-0.15, -0.1) is 0 Å². The van der Waals surface area contributed by atoms with Crippen LogP contribution < -0.4 is 4.74 Å². The molecular formula is C10H10BrFO2. The van der Waals surface area contributed by atoms with E-state index in [1.54, 1.807) is 12.1 Å². The van der Waals surface area contributed by atoms with Crippen molar-refractivity contribution in [2.75, 3.05) is 7.11 Å². The molecule has 0 amide bonds. The monoisotopic (exact) mass is 260 g/mol. The minimum Gasteiger partial charge on any atom is -0.496 e.